The van der Waals surface area contributed by atoms with E-state index in [1.54, 1.807) is 0 Å². The molecule has 5 nitrogen and oxygen atoms in total. The minimum atomic E-state index is -0.558. The van der Waals surface area contributed by atoms with Crippen LogP contribution in [0.15, 0.2) is 24.3 Å². The second-order valence-electron chi connectivity index (χ2n) is 6.36. The molecular weight excluding hydrogens is 302 g/mol. The van der Waals surface area contributed by atoms with Gasteiger partial charge in [0.25, 0.3) is 0 Å². The van der Waals surface area contributed by atoms with Crippen molar-refractivity contribution in [2.24, 2.45) is 7.05 Å². The van der Waals surface area contributed by atoms with Crippen molar-refractivity contribution in [3.63, 3.8) is 0 Å². The highest BCUT2D eigenvalue weighted by Crippen LogP contribution is 2.23. The lowest BCUT2D eigenvalue weighted by Crippen LogP contribution is -2.34. The van der Waals surface area contributed by atoms with Gasteiger partial charge in [-0.1, -0.05) is 19.1 Å². The molecule has 0 saturated heterocycles. The Balaban J connectivity index is 1.88. The number of aromatic nitrogens is 2. The zero-order valence-corrected chi connectivity index (χ0v) is 15.3. The summed E-state index contributed by atoms with van der Waals surface area (Å²) in [4.78, 5) is 0. The minimum absolute atomic E-state index is 0.187. The van der Waals surface area contributed by atoms with Gasteiger partial charge < -0.3 is 15.2 Å². The second-order valence-corrected chi connectivity index (χ2v) is 6.36. The number of hydrogen-bond donors (Lipinski definition) is 2. The van der Waals surface area contributed by atoms with E-state index in [1.807, 2.05) is 49.8 Å². The molecule has 0 amide bonds. The smallest absolute Gasteiger partial charge is 0.119 e. The van der Waals surface area contributed by atoms with Gasteiger partial charge >= 0.3 is 0 Å². The van der Waals surface area contributed by atoms with Crippen molar-refractivity contribution in [3.8, 4) is 5.75 Å². The van der Waals surface area contributed by atoms with Gasteiger partial charge in [-0.3, -0.25) is 4.68 Å². The third kappa shape index (κ3) is 4.58. The van der Waals surface area contributed by atoms with Crippen LogP contribution in [0.3, 0.4) is 0 Å². The molecule has 132 valence electrons. The van der Waals surface area contributed by atoms with Gasteiger partial charge in [0.15, 0.2) is 0 Å². The summed E-state index contributed by atoms with van der Waals surface area (Å²) < 4.78 is 7.57. The van der Waals surface area contributed by atoms with Gasteiger partial charge in [-0.2, -0.15) is 5.10 Å². The lowest BCUT2D eigenvalue weighted by Gasteiger charge is -2.20. The van der Waals surface area contributed by atoms with Gasteiger partial charge in [0, 0.05) is 30.9 Å². The third-order valence-electron chi connectivity index (χ3n) is 4.35. The first-order valence-corrected chi connectivity index (χ1v) is 8.53. The molecular formula is C19H29N3O2. The van der Waals surface area contributed by atoms with Gasteiger partial charge in [0.1, 0.15) is 18.5 Å². The van der Waals surface area contributed by atoms with Gasteiger partial charge in [0.05, 0.1) is 5.69 Å². The molecule has 1 aromatic heterocycles. The van der Waals surface area contributed by atoms with Crippen LogP contribution in [0.5, 0.6) is 5.75 Å². The summed E-state index contributed by atoms with van der Waals surface area (Å²) in [7, 11) is 1.96. The molecule has 1 aromatic carbocycles. The Morgan fingerprint density at radius 2 is 2.04 bits per heavy atom. The molecule has 2 aromatic rings. The normalized spacial score (nSPS) is 13.8. The maximum absolute atomic E-state index is 10.2. The SMILES string of the molecule is CCC(NCC(O)COc1cccc(C)c1)c1c(C)nn(C)c1C. The van der Waals surface area contributed by atoms with E-state index in [2.05, 4.69) is 24.3 Å². The van der Waals surface area contributed by atoms with Crippen LogP contribution in [-0.2, 0) is 7.05 Å². The Bertz CT molecular complexity index is 667. The van der Waals surface area contributed by atoms with Crippen molar-refractivity contribution in [3.05, 3.63) is 46.8 Å². The summed E-state index contributed by atoms with van der Waals surface area (Å²) in [5.41, 5.74) is 4.58. The first-order chi connectivity index (χ1) is 11.4. The molecule has 2 unspecified atom stereocenters. The standard InChI is InChI=1S/C19H29N3O2/c1-6-18(19-14(3)21-22(5)15(19)4)20-11-16(23)12-24-17-9-7-8-13(2)10-17/h7-10,16,18,20,23H,6,11-12H2,1-5H3. The van der Waals surface area contributed by atoms with Gasteiger partial charge in [0.2, 0.25) is 0 Å². The zero-order chi connectivity index (χ0) is 17.7. The number of benzene rings is 1. The third-order valence-corrected chi connectivity index (χ3v) is 4.35. The van der Waals surface area contributed by atoms with E-state index in [9.17, 15) is 5.11 Å². The summed E-state index contributed by atoms with van der Waals surface area (Å²) in [6, 6.07) is 8.04. The number of aliphatic hydroxyl groups excluding tert-OH is 1. The first-order valence-electron chi connectivity index (χ1n) is 8.53. The highest BCUT2D eigenvalue weighted by molar-refractivity contribution is 5.28. The molecule has 0 fully saturated rings. The predicted octanol–water partition coefficient (Wildman–Crippen LogP) is 2.83. The summed E-state index contributed by atoms with van der Waals surface area (Å²) in [6.07, 6.45) is 0.385. The Morgan fingerprint density at radius 1 is 1.29 bits per heavy atom. The number of aliphatic hydroxyl groups is 1. The molecule has 2 rings (SSSR count). The van der Waals surface area contributed by atoms with Gasteiger partial charge in [-0.25, -0.2) is 0 Å². The predicted molar refractivity (Wildman–Crippen MR) is 96.4 cm³/mol. The summed E-state index contributed by atoms with van der Waals surface area (Å²) >= 11 is 0. The fraction of sp³-hybridized carbons (Fsp3) is 0.526. The van der Waals surface area contributed by atoms with Crippen LogP contribution in [0.4, 0.5) is 0 Å². The number of hydrogen-bond acceptors (Lipinski definition) is 4. The van der Waals surface area contributed by atoms with Crippen molar-refractivity contribution in [1.29, 1.82) is 0 Å². The van der Waals surface area contributed by atoms with E-state index in [-0.39, 0.29) is 12.6 Å². The largest absolute Gasteiger partial charge is 0.491 e. The lowest BCUT2D eigenvalue weighted by molar-refractivity contribution is 0.103. The van der Waals surface area contributed by atoms with E-state index in [0.29, 0.717) is 6.54 Å². The molecule has 24 heavy (non-hydrogen) atoms. The van der Waals surface area contributed by atoms with Crippen LogP contribution < -0.4 is 10.1 Å². The quantitative estimate of drug-likeness (QED) is 0.781. The van der Waals surface area contributed by atoms with E-state index >= 15 is 0 Å². The number of nitrogens with one attached hydrogen (secondary N) is 1. The van der Waals surface area contributed by atoms with Crippen molar-refractivity contribution >= 4 is 0 Å². The van der Waals surface area contributed by atoms with Crippen LogP contribution >= 0.6 is 0 Å². The number of aryl methyl sites for hydroxylation is 3. The molecule has 0 bridgehead atoms. The average molecular weight is 331 g/mol. The van der Waals surface area contributed by atoms with E-state index in [0.717, 1.165) is 29.1 Å². The molecule has 1 heterocycles. The molecule has 0 spiro atoms. The Kier molecular flexibility index (Phi) is 6.40. The Hall–Kier alpha value is -1.85. The van der Waals surface area contributed by atoms with Gasteiger partial charge in [-0.05, 0) is 44.9 Å². The van der Waals surface area contributed by atoms with E-state index < -0.39 is 6.10 Å². The first kappa shape index (κ1) is 18.5. The minimum Gasteiger partial charge on any atom is -0.491 e. The van der Waals surface area contributed by atoms with Crippen molar-refractivity contribution in [2.75, 3.05) is 13.2 Å². The molecule has 0 aliphatic carbocycles. The lowest BCUT2D eigenvalue weighted by atomic mass is 10.0. The molecule has 2 N–H and O–H groups in total. The monoisotopic (exact) mass is 331 g/mol. The maximum Gasteiger partial charge on any atom is 0.119 e. The fourth-order valence-electron chi connectivity index (χ4n) is 2.98. The van der Waals surface area contributed by atoms with Crippen molar-refractivity contribution in [1.82, 2.24) is 15.1 Å². The van der Waals surface area contributed by atoms with Crippen LogP contribution in [0.2, 0.25) is 0 Å². The molecule has 2 atom stereocenters. The Morgan fingerprint density at radius 3 is 2.62 bits per heavy atom. The highest BCUT2D eigenvalue weighted by atomic mass is 16.5. The summed E-state index contributed by atoms with van der Waals surface area (Å²) in [6.45, 7) is 9.03. The summed E-state index contributed by atoms with van der Waals surface area (Å²) in [5, 5.41) is 18.1. The second kappa shape index (κ2) is 8.31. The molecule has 0 aliphatic rings. The number of nitrogens with zero attached hydrogens (tertiary/aromatic N) is 2. The topological polar surface area (TPSA) is 59.3 Å². The van der Waals surface area contributed by atoms with Crippen LogP contribution in [-0.4, -0.2) is 34.1 Å². The zero-order valence-electron chi connectivity index (χ0n) is 15.3. The van der Waals surface area contributed by atoms with Crippen molar-refractivity contribution in [2.45, 2.75) is 46.3 Å². The van der Waals surface area contributed by atoms with E-state index in [1.165, 1.54) is 5.56 Å². The van der Waals surface area contributed by atoms with Crippen LogP contribution in [0.1, 0.15) is 41.9 Å². The summed E-state index contributed by atoms with van der Waals surface area (Å²) in [5.74, 6) is 0.792. The molecule has 0 radical (unpaired) electrons. The number of rotatable bonds is 8. The maximum atomic E-state index is 10.2. The average Bonchev–Trinajstić information content (AvgIpc) is 2.80. The van der Waals surface area contributed by atoms with E-state index in [4.69, 9.17) is 4.74 Å². The Labute approximate surface area is 144 Å². The van der Waals surface area contributed by atoms with Crippen LogP contribution in [0, 0.1) is 20.8 Å². The van der Waals surface area contributed by atoms with Crippen molar-refractivity contribution < 1.29 is 9.84 Å². The van der Waals surface area contributed by atoms with Gasteiger partial charge in [-0.15, -0.1) is 0 Å². The molecule has 5 heteroatoms. The van der Waals surface area contributed by atoms with Crippen LogP contribution in [0.25, 0.3) is 0 Å². The number of ether oxygens (including phenoxy) is 1. The fourth-order valence-corrected chi connectivity index (χ4v) is 2.98. The molecule has 0 aliphatic heterocycles. The molecule has 0 saturated carbocycles. The highest BCUT2D eigenvalue weighted by Gasteiger charge is 2.19.